The van der Waals surface area contributed by atoms with Crippen molar-refractivity contribution in [2.24, 2.45) is 0 Å². The largest absolute Gasteiger partial charge is 0.385 e. The Hall–Kier alpha value is -0.740. The minimum Gasteiger partial charge on any atom is -0.385 e. The number of ether oxygens (including phenoxy) is 1. The molecular formula is C11H15FO2S. The molecule has 0 aromatic heterocycles. The van der Waals surface area contributed by atoms with Gasteiger partial charge in [0.05, 0.1) is 10.8 Å². The number of hydrogen-bond acceptors (Lipinski definition) is 2. The SMILES string of the molecule is COCCCCS(=O)c1cccc(F)c1. The van der Waals surface area contributed by atoms with Gasteiger partial charge >= 0.3 is 0 Å². The summed E-state index contributed by atoms with van der Waals surface area (Å²) in [6.45, 7) is 0.681. The normalized spacial score (nSPS) is 12.7. The summed E-state index contributed by atoms with van der Waals surface area (Å²) in [5.74, 6) is 0.227. The summed E-state index contributed by atoms with van der Waals surface area (Å²) in [6.07, 6.45) is 1.72. The third kappa shape index (κ3) is 4.53. The van der Waals surface area contributed by atoms with E-state index in [1.54, 1.807) is 19.2 Å². The first-order valence-electron chi connectivity index (χ1n) is 4.87. The van der Waals surface area contributed by atoms with Crippen molar-refractivity contribution < 1.29 is 13.3 Å². The molecule has 2 nitrogen and oxygen atoms in total. The van der Waals surface area contributed by atoms with E-state index in [0.717, 1.165) is 12.8 Å². The van der Waals surface area contributed by atoms with E-state index >= 15 is 0 Å². The summed E-state index contributed by atoms with van der Waals surface area (Å²) < 4.78 is 29.4. The van der Waals surface area contributed by atoms with Gasteiger partial charge in [0.2, 0.25) is 0 Å². The lowest BCUT2D eigenvalue weighted by Crippen LogP contribution is -2.00. The molecule has 0 aliphatic carbocycles. The predicted molar refractivity (Wildman–Crippen MR) is 58.8 cm³/mol. The summed E-state index contributed by atoms with van der Waals surface area (Å²) in [4.78, 5) is 0.562. The van der Waals surface area contributed by atoms with Crippen LogP contribution >= 0.6 is 0 Å². The summed E-state index contributed by atoms with van der Waals surface area (Å²) in [5.41, 5.74) is 0. The van der Waals surface area contributed by atoms with E-state index in [1.165, 1.54) is 12.1 Å². The topological polar surface area (TPSA) is 26.3 Å². The van der Waals surface area contributed by atoms with E-state index in [9.17, 15) is 8.60 Å². The van der Waals surface area contributed by atoms with Crippen LogP contribution in [0, 0.1) is 5.82 Å². The number of rotatable bonds is 6. The summed E-state index contributed by atoms with van der Waals surface area (Å²) >= 11 is 0. The maximum absolute atomic E-state index is 12.8. The van der Waals surface area contributed by atoms with Crippen LogP contribution in [0.2, 0.25) is 0 Å². The minimum absolute atomic E-state index is 0.335. The number of methoxy groups -OCH3 is 1. The highest BCUT2D eigenvalue weighted by Gasteiger charge is 2.04. The zero-order valence-electron chi connectivity index (χ0n) is 8.74. The lowest BCUT2D eigenvalue weighted by atomic mass is 10.3. The van der Waals surface area contributed by atoms with Gasteiger partial charge in [-0.05, 0) is 31.0 Å². The Kier molecular flexibility index (Phi) is 5.50. The van der Waals surface area contributed by atoms with Gasteiger partial charge < -0.3 is 4.74 Å². The van der Waals surface area contributed by atoms with Gasteiger partial charge in [0, 0.05) is 24.4 Å². The van der Waals surface area contributed by atoms with Crippen molar-refractivity contribution in [3.63, 3.8) is 0 Å². The molecular weight excluding hydrogens is 215 g/mol. The van der Waals surface area contributed by atoms with Crippen molar-refractivity contribution in [2.45, 2.75) is 17.7 Å². The van der Waals surface area contributed by atoms with Crippen LogP contribution in [-0.4, -0.2) is 23.7 Å². The van der Waals surface area contributed by atoms with Crippen molar-refractivity contribution >= 4 is 10.8 Å². The minimum atomic E-state index is -1.09. The zero-order valence-corrected chi connectivity index (χ0v) is 9.56. The van der Waals surface area contributed by atoms with E-state index in [-0.39, 0.29) is 5.82 Å². The van der Waals surface area contributed by atoms with Crippen molar-refractivity contribution in [3.05, 3.63) is 30.1 Å². The van der Waals surface area contributed by atoms with Gasteiger partial charge in [0.1, 0.15) is 5.82 Å². The highest BCUT2D eigenvalue weighted by molar-refractivity contribution is 7.85. The average molecular weight is 230 g/mol. The highest BCUT2D eigenvalue weighted by Crippen LogP contribution is 2.10. The molecule has 84 valence electrons. The Balaban J connectivity index is 2.40. The molecule has 15 heavy (non-hydrogen) atoms. The summed E-state index contributed by atoms with van der Waals surface area (Å²) in [5, 5.41) is 0. The fourth-order valence-corrected chi connectivity index (χ4v) is 2.38. The first-order valence-corrected chi connectivity index (χ1v) is 6.19. The van der Waals surface area contributed by atoms with Crippen LogP contribution in [-0.2, 0) is 15.5 Å². The molecule has 0 bridgehead atoms. The predicted octanol–water partition coefficient (Wildman–Crippen LogP) is 2.36. The molecule has 0 saturated heterocycles. The quantitative estimate of drug-likeness (QED) is 0.701. The molecule has 0 saturated carbocycles. The van der Waals surface area contributed by atoms with Gasteiger partial charge in [0.25, 0.3) is 0 Å². The molecule has 1 aromatic carbocycles. The standard InChI is InChI=1S/C11H15FO2S/c1-14-7-2-3-8-15(13)11-6-4-5-10(12)9-11/h4-6,9H,2-3,7-8H2,1H3. The highest BCUT2D eigenvalue weighted by atomic mass is 32.2. The van der Waals surface area contributed by atoms with Gasteiger partial charge in [-0.25, -0.2) is 4.39 Å². The third-order valence-electron chi connectivity index (χ3n) is 1.99. The Morgan fingerprint density at radius 1 is 1.40 bits per heavy atom. The molecule has 1 unspecified atom stereocenters. The van der Waals surface area contributed by atoms with Gasteiger partial charge in [-0.15, -0.1) is 0 Å². The van der Waals surface area contributed by atoms with Gasteiger partial charge in [-0.1, -0.05) is 6.07 Å². The Bertz CT molecular complexity index is 328. The van der Waals surface area contributed by atoms with E-state index < -0.39 is 10.8 Å². The van der Waals surface area contributed by atoms with E-state index in [0.29, 0.717) is 17.3 Å². The average Bonchev–Trinajstić information content (AvgIpc) is 2.24. The fourth-order valence-electron chi connectivity index (χ4n) is 1.21. The van der Waals surface area contributed by atoms with Gasteiger partial charge in [-0.2, -0.15) is 0 Å². The van der Waals surface area contributed by atoms with E-state index in [4.69, 9.17) is 4.74 Å². The molecule has 1 rings (SSSR count). The number of unbranched alkanes of at least 4 members (excludes halogenated alkanes) is 1. The van der Waals surface area contributed by atoms with Crippen molar-refractivity contribution in [2.75, 3.05) is 19.5 Å². The molecule has 0 aliphatic rings. The number of benzene rings is 1. The zero-order chi connectivity index (χ0) is 11.1. The second-order valence-corrected chi connectivity index (χ2v) is 4.78. The molecule has 0 N–H and O–H groups in total. The second kappa shape index (κ2) is 6.69. The van der Waals surface area contributed by atoms with Crippen molar-refractivity contribution in [1.82, 2.24) is 0 Å². The van der Waals surface area contributed by atoms with Crippen LogP contribution in [0.5, 0.6) is 0 Å². The first kappa shape index (κ1) is 12.3. The van der Waals surface area contributed by atoms with Crippen LogP contribution in [0.1, 0.15) is 12.8 Å². The maximum atomic E-state index is 12.8. The Labute approximate surface area is 91.9 Å². The van der Waals surface area contributed by atoms with Crippen molar-refractivity contribution in [1.29, 1.82) is 0 Å². The van der Waals surface area contributed by atoms with E-state index in [1.807, 2.05) is 0 Å². The lowest BCUT2D eigenvalue weighted by Gasteiger charge is -2.02. The Morgan fingerprint density at radius 2 is 2.20 bits per heavy atom. The van der Waals surface area contributed by atoms with Crippen molar-refractivity contribution in [3.8, 4) is 0 Å². The molecule has 0 amide bonds. The molecule has 0 aliphatic heterocycles. The van der Waals surface area contributed by atoms with Crippen LogP contribution < -0.4 is 0 Å². The monoisotopic (exact) mass is 230 g/mol. The van der Waals surface area contributed by atoms with Crippen LogP contribution in [0.25, 0.3) is 0 Å². The summed E-state index contributed by atoms with van der Waals surface area (Å²) in [7, 11) is 0.550. The van der Waals surface area contributed by atoms with Crippen LogP contribution in [0.3, 0.4) is 0 Å². The number of hydrogen-bond donors (Lipinski definition) is 0. The lowest BCUT2D eigenvalue weighted by molar-refractivity contribution is 0.194. The molecule has 0 fully saturated rings. The maximum Gasteiger partial charge on any atom is 0.124 e. The Morgan fingerprint density at radius 3 is 2.87 bits per heavy atom. The third-order valence-corrected chi connectivity index (χ3v) is 3.43. The summed E-state index contributed by atoms with van der Waals surface area (Å²) in [6, 6.07) is 5.95. The smallest absolute Gasteiger partial charge is 0.124 e. The number of halogens is 1. The van der Waals surface area contributed by atoms with Crippen LogP contribution in [0.15, 0.2) is 29.2 Å². The molecule has 0 spiro atoms. The van der Waals surface area contributed by atoms with E-state index in [2.05, 4.69) is 0 Å². The van der Waals surface area contributed by atoms with Crippen LogP contribution in [0.4, 0.5) is 4.39 Å². The second-order valence-electron chi connectivity index (χ2n) is 3.21. The molecule has 0 heterocycles. The van der Waals surface area contributed by atoms with Gasteiger partial charge in [0.15, 0.2) is 0 Å². The first-order chi connectivity index (χ1) is 7.24. The molecule has 4 heteroatoms. The molecule has 1 aromatic rings. The molecule has 1 atom stereocenters. The molecule has 0 radical (unpaired) electrons. The fraction of sp³-hybridized carbons (Fsp3) is 0.455. The van der Waals surface area contributed by atoms with Gasteiger partial charge in [-0.3, -0.25) is 4.21 Å².